The number of methoxy groups -OCH3 is 3. The quantitative estimate of drug-likeness (QED) is 0.234. The van der Waals surface area contributed by atoms with Gasteiger partial charge in [-0.1, -0.05) is 24.3 Å². The van der Waals surface area contributed by atoms with Gasteiger partial charge in [0, 0.05) is 28.6 Å². The zero-order chi connectivity index (χ0) is 32.5. The van der Waals surface area contributed by atoms with Crippen molar-refractivity contribution in [2.24, 2.45) is 0 Å². The third-order valence-electron chi connectivity index (χ3n) is 8.76. The fourth-order valence-electron chi connectivity index (χ4n) is 6.95. The highest BCUT2D eigenvalue weighted by Gasteiger charge is 2.47. The summed E-state index contributed by atoms with van der Waals surface area (Å²) in [5.41, 5.74) is 3.99. The molecule has 0 saturated carbocycles. The van der Waals surface area contributed by atoms with Crippen LogP contribution in [0, 0.1) is 0 Å². The van der Waals surface area contributed by atoms with E-state index in [1.165, 1.54) is 14.2 Å². The molecule has 0 spiro atoms. The van der Waals surface area contributed by atoms with Crippen LogP contribution in [0.1, 0.15) is 60.0 Å². The molecule has 0 radical (unpaired) electrons. The minimum atomic E-state index is -0.724. The minimum absolute atomic E-state index is 0.0208. The summed E-state index contributed by atoms with van der Waals surface area (Å²) in [6.07, 6.45) is -0.615. The van der Waals surface area contributed by atoms with Crippen LogP contribution in [0.3, 0.4) is 0 Å². The molecule has 4 heterocycles. The fraction of sp³-hybridized carbons (Fsp3) is 0.371. The van der Waals surface area contributed by atoms with Gasteiger partial charge in [0.15, 0.2) is 23.0 Å². The number of cyclic esters (lactones) is 1. The summed E-state index contributed by atoms with van der Waals surface area (Å²) in [6.45, 7) is 6.12. The van der Waals surface area contributed by atoms with Crippen LogP contribution in [-0.2, 0) is 15.9 Å². The molecular weight excluding hydrogens is 592 g/mol. The Morgan fingerprint density at radius 1 is 0.935 bits per heavy atom. The van der Waals surface area contributed by atoms with E-state index in [-0.39, 0.29) is 6.79 Å². The molecule has 0 amide bonds. The van der Waals surface area contributed by atoms with E-state index < -0.39 is 29.8 Å². The molecule has 0 N–H and O–H groups in total. The highest BCUT2D eigenvalue weighted by Crippen LogP contribution is 2.59. The smallest absolute Gasteiger partial charge is 0.419 e. The number of hydrogen-bond donors (Lipinski definition) is 0. The van der Waals surface area contributed by atoms with E-state index in [2.05, 4.69) is 4.90 Å². The van der Waals surface area contributed by atoms with Crippen LogP contribution in [0.15, 0.2) is 42.5 Å². The fourth-order valence-corrected chi connectivity index (χ4v) is 6.95. The van der Waals surface area contributed by atoms with Crippen LogP contribution in [-0.4, -0.2) is 68.8 Å². The van der Waals surface area contributed by atoms with E-state index in [0.29, 0.717) is 69.6 Å². The monoisotopic (exact) mass is 628 g/mol. The third-order valence-corrected chi connectivity index (χ3v) is 8.76. The molecule has 2 atom stereocenters. The Labute approximate surface area is 266 Å². The molecule has 46 heavy (non-hydrogen) atoms. The number of hydrogen-bond acceptors (Lipinski definition) is 10. The van der Waals surface area contributed by atoms with Crippen LogP contribution in [0.2, 0.25) is 0 Å². The van der Waals surface area contributed by atoms with Crippen molar-refractivity contribution in [2.75, 3.05) is 41.7 Å². The molecule has 1 aromatic heterocycles. The molecular formula is C35H36N2O9. The molecule has 240 valence electrons. The average molecular weight is 629 g/mol. The van der Waals surface area contributed by atoms with Crippen molar-refractivity contribution < 1.29 is 42.7 Å². The maximum Gasteiger partial charge on any atom is 0.419 e. The second-order valence-corrected chi connectivity index (χ2v) is 12.5. The maximum atomic E-state index is 13.9. The molecule has 0 bridgehead atoms. The average Bonchev–Trinajstić information content (AvgIpc) is 3.74. The third kappa shape index (κ3) is 4.44. The van der Waals surface area contributed by atoms with Crippen LogP contribution in [0.4, 0.5) is 4.79 Å². The van der Waals surface area contributed by atoms with Crippen molar-refractivity contribution in [1.82, 2.24) is 9.47 Å². The highest BCUT2D eigenvalue weighted by atomic mass is 16.7. The Morgan fingerprint density at radius 2 is 1.67 bits per heavy atom. The molecule has 7 rings (SSSR count). The minimum Gasteiger partial charge on any atom is -0.493 e. The normalized spacial score (nSPS) is 18.6. The predicted octanol–water partition coefficient (Wildman–Crippen LogP) is 6.29. The van der Waals surface area contributed by atoms with Gasteiger partial charge in [0.1, 0.15) is 17.3 Å². The van der Waals surface area contributed by atoms with Gasteiger partial charge in [0.05, 0.1) is 38.6 Å². The first kappa shape index (κ1) is 29.8. The first-order valence-electron chi connectivity index (χ1n) is 15.1. The SMILES string of the molecule is COc1ccc2c(c1OC)C(=O)O[C@@H]2[C@H]1c2c(c(-c3cc4ccccc4n3C(=O)OC(C)(C)C)c3c(c2OC)OCO3)CCN1C. The van der Waals surface area contributed by atoms with Gasteiger partial charge >= 0.3 is 12.1 Å². The Balaban J connectivity index is 1.50. The van der Waals surface area contributed by atoms with Crippen molar-refractivity contribution in [3.05, 3.63) is 64.7 Å². The van der Waals surface area contributed by atoms with Gasteiger partial charge in [-0.3, -0.25) is 4.90 Å². The number of nitrogens with zero attached hydrogens (tertiary/aromatic N) is 2. The lowest BCUT2D eigenvalue weighted by atomic mass is 9.82. The number of para-hydroxylation sites is 1. The molecule has 0 saturated heterocycles. The lowest BCUT2D eigenvalue weighted by Crippen LogP contribution is -2.36. The molecule has 3 aromatic carbocycles. The summed E-state index contributed by atoms with van der Waals surface area (Å²) >= 11 is 0. The Morgan fingerprint density at radius 3 is 2.39 bits per heavy atom. The second-order valence-electron chi connectivity index (χ2n) is 12.5. The van der Waals surface area contributed by atoms with E-state index in [0.717, 1.165) is 16.5 Å². The number of rotatable bonds is 5. The van der Waals surface area contributed by atoms with Crippen molar-refractivity contribution >= 4 is 23.0 Å². The zero-order valence-corrected chi connectivity index (χ0v) is 26.9. The molecule has 11 nitrogen and oxygen atoms in total. The lowest BCUT2D eigenvalue weighted by molar-refractivity contribution is 0.00874. The molecule has 3 aliphatic rings. The largest absolute Gasteiger partial charge is 0.493 e. The van der Waals surface area contributed by atoms with Gasteiger partial charge in [-0.25, -0.2) is 14.2 Å². The Kier molecular flexibility index (Phi) is 7.04. The summed E-state index contributed by atoms with van der Waals surface area (Å²) < 4.78 is 43.0. The molecule has 4 aromatic rings. The summed E-state index contributed by atoms with van der Waals surface area (Å²) in [7, 11) is 6.60. The van der Waals surface area contributed by atoms with Gasteiger partial charge in [-0.2, -0.15) is 0 Å². The molecule has 0 aliphatic carbocycles. The van der Waals surface area contributed by atoms with Gasteiger partial charge in [-0.05, 0) is 58.0 Å². The van der Waals surface area contributed by atoms with Gasteiger partial charge < -0.3 is 33.2 Å². The number of carbonyl (C=O) groups is 2. The standard InChI is InChI=1S/C35H36N2O9/c1-35(2,3)46-34(39)37-21-11-9-8-10-18(21)16-22(37)24-19-14-15-36(4)27(25(19)30(42-7)32-31(24)43-17-44-32)28-20-12-13-23(40-5)29(41-6)26(20)33(38)45-28/h8-13,16,27-28H,14-15,17H2,1-7H3/t27-,28+/m1/s1. The number of benzene rings is 3. The number of ether oxygens (including phenoxy) is 7. The molecule has 0 unspecified atom stereocenters. The zero-order valence-electron chi connectivity index (χ0n) is 26.9. The van der Waals surface area contributed by atoms with E-state index in [9.17, 15) is 9.59 Å². The van der Waals surface area contributed by atoms with Crippen LogP contribution < -0.4 is 23.7 Å². The number of fused-ring (bicyclic) bond motifs is 4. The van der Waals surface area contributed by atoms with Crippen LogP contribution in [0.5, 0.6) is 28.7 Å². The molecule has 0 fully saturated rings. The highest BCUT2D eigenvalue weighted by molar-refractivity contribution is 6.00. The van der Waals surface area contributed by atoms with Crippen molar-refractivity contribution in [3.63, 3.8) is 0 Å². The summed E-state index contributed by atoms with van der Waals surface area (Å²) in [5.74, 6) is 1.67. The van der Waals surface area contributed by atoms with E-state index in [1.54, 1.807) is 17.7 Å². The summed E-state index contributed by atoms with van der Waals surface area (Å²) in [4.78, 5) is 29.5. The number of likely N-dealkylation sites (N-methyl/N-ethyl adjacent to an activating group) is 1. The van der Waals surface area contributed by atoms with Crippen molar-refractivity contribution in [1.29, 1.82) is 0 Å². The molecule has 11 heteroatoms. The number of carbonyl (C=O) groups excluding carboxylic acids is 2. The maximum absolute atomic E-state index is 13.9. The van der Waals surface area contributed by atoms with E-state index in [4.69, 9.17) is 33.2 Å². The van der Waals surface area contributed by atoms with E-state index >= 15 is 0 Å². The predicted molar refractivity (Wildman–Crippen MR) is 168 cm³/mol. The van der Waals surface area contributed by atoms with Gasteiger partial charge in [0.25, 0.3) is 0 Å². The number of esters is 1. The first-order chi connectivity index (χ1) is 22.1. The molecule has 3 aliphatic heterocycles. The van der Waals surface area contributed by atoms with Crippen molar-refractivity contribution in [3.8, 4) is 40.0 Å². The van der Waals surface area contributed by atoms with Crippen LogP contribution in [0.25, 0.3) is 22.2 Å². The first-order valence-corrected chi connectivity index (χ1v) is 15.1. The Bertz CT molecular complexity index is 1900. The van der Waals surface area contributed by atoms with Gasteiger partial charge in [0.2, 0.25) is 12.5 Å². The lowest BCUT2D eigenvalue weighted by Gasteiger charge is -2.39. The Hall–Kier alpha value is -4.90. The number of aromatic nitrogens is 1. The van der Waals surface area contributed by atoms with Crippen molar-refractivity contribution in [2.45, 2.75) is 44.9 Å². The van der Waals surface area contributed by atoms with Crippen LogP contribution >= 0.6 is 0 Å². The summed E-state index contributed by atoms with van der Waals surface area (Å²) in [6, 6.07) is 12.8. The van der Waals surface area contributed by atoms with Gasteiger partial charge in [-0.15, -0.1) is 0 Å². The van der Waals surface area contributed by atoms with E-state index in [1.807, 2.05) is 64.2 Å². The topological polar surface area (TPSA) is 107 Å². The second kappa shape index (κ2) is 10.9. The summed E-state index contributed by atoms with van der Waals surface area (Å²) in [5, 5.41) is 0.866.